The first-order valence-electron chi connectivity index (χ1n) is 5.70. The first-order chi connectivity index (χ1) is 8.29. The molecule has 0 spiro atoms. The van der Waals surface area contributed by atoms with E-state index in [0.717, 1.165) is 12.8 Å². The van der Waals surface area contributed by atoms with Crippen LogP contribution in [0.1, 0.15) is 23.2 Å². The van der Waals surface area contributed by atoms with E-state index in [2.05, 4.69) is 0 Å². The molecule has 0 unspecified atom stereocenters. The van der Waals surface area contributed by atoms with E-state index in [1.165, 1.54) is 0 Å². The topological polar surface area (TPSA) is 44.8 Å². The van der Waals surface area contributed by atoms with Gasteiger partial charge in [0.1, 0.15) is 6.61 Å². The first-order valence-corrected chi connectivity index (χ1v) is 5.70. The minimum absolute atomic E-state index is 0.0485. The third kappa shape index (κ3) is 3.28. The zero-order valence-electron chi connectivity index (χ0n) is 9.80. The summed E-state index contributed by atoms with van der Waals surface area (Å²) in [5, 5.41) is 0. The van der Waals surface area contributed by atoms with E-state index in [1.54, 1.807) is 19.2 Å². The van der Waals surface area contributed by atoms with Gasteiger partial charge >= 0.3 is 5.97 Å². The molecule has 0 aromatic heterocycles. The van der Waals surface area contributed by atoms with Crippen LogP contribution in [0.5, 0.6) is 0 Å². The molecule has 1 aliphatic heterocycles. The maximum atomic E-state index is 11.6. The standard InChI is InChI=1S/C13H16O4/c1-15-12-8-7-11(17-12)9-16-13(14)10-5-3-2-4-6-10/h2-6,11-12H,7-9H2,1H3/t11-,12-/m0/s1. The number of carbonyl (C=O) groups is 1. The normalized spacial score (nSPS) is 23.6. The maximum Gasteiger partial charge on any atom is 0.338 e. The molecule has 4 heteroatoms. The summed E-state index contributed by atoms with van der Waals surface area (Å²) in [7, 11) is 1.61. The van der Waals surface area contributed by atoms with Gasteiger partial charge in [-0.1, -0.05) is 18.2 Å². The fourth-order valence-electron chi connectivity index (χ4n) is 1.79. The summed E-state index contributed by atoms with van der Waals surface area (Å²) in [5.74, 6) is -0.310. The minimum Gasteiger partial charge on any atom is -0.459 e. The smallest absolute Gasteiger partial charge is 0.338 e. The molecule has 0 amide bonds. The van der Waals surface area contributed by atoms with E-state index in [-0.39, 0.29) is 25.0 Å². The number of carbonyl (C=O) groups excluding carboxylic acids is 1. The molecular weight excluding hydrogens is 220 g/mol. The Labute approximate surface area is 100 Å². The molecule has 1 saturated heterocycles. The molecule has 2 atom stereocenters. The van der Waals surface area contributed by atoms with Crippen molar-refractivity contribution < 1.29 is 19.0 Å². The summed E-state index contributed by atoms with van der Waals surface area (Å²) in [4.78, 5) is 11.6. The highest BCUT2D eigenvalue weighted by molar-refractivity contribution is 5.89. The minimum atomic E-state index is -0.310. The molecule has 1 fully saturated rings. The van der Waals surface area contributed by atoms with Crippen molar-refractivity contribution in [3.63, 3.8) is 0 Å². The van der Waals surface area contributed by atoms with Crippen LogP contribution in [0.25, 0.3) is 0 Å². The summed E-state index contributed by atoms with van der Waals surface area (Å²) >= 11 is 0. The lowest BCUT2D eigenvalue weighted by atomic mass is 10.2. The number of hydrogen-bond donors (Lipinski definition) is 0. The van der Waals surface area contributed by atoms with Crippen molar-refractivity contribution in [3.8, 4) is 0 Å². The fourth-order valence-corrected chi connectivity index (χ4v) is 1.79. The molecule has 1 aromatic carbocycles. The van der Waals surface area contributed by atoms with Gasteiger partial charge in [-0.25, -0.2) is 4.79 Å². The molecule has 1 aromatic rings. The van der Waals surface area contributed by atoms with Gasteiger partial charge in [0.05, 0.1) is 11.7 Å². The molecular formula is C13H16O4. The molecule has 0 bridgehead atoms. The molecule has 4 nitrogen and oxygen atoms in total. The molecule has 0 saturated carbocycles. The average Bonchev–Trinajstić information content (AvgIpc) is 2.85. The molecule has 92 valence electrons. The second-order valence-electron chi connectivity index (χ2n) is 3.97. The van der Waals surface area contributed by atoms with Gasteiger partial charge in [0.2, 0.25) is 0 Å². The van der Waals surface area contributed by atoms with E-state index in [1.807, 2.05) is 18.2 Å². The van der Waals surface area contributed by atoms with Crippen molar-refractivity contribution in [2.24, 2.45) is 0 Å². The average molecular weight is 236 g/mol. The number of esters is 1. The van der Waals surface area contributed by atoms with Crippen molar-refractivity contribution in [1.82, 2.24) is 0 Å². The van der Waals surface area contributed by atoms with Crippen LogP contribution in [0.2, 0.25) is 0 Å². The van der Waals surface area contributed by atoms with E-state index < -0.39 is 0 Å². The molecule has 0 N–H and O–H groups in total. The quantitative estimate of drug-likeness (QED) is 0.750. The summed E-state index contributed by atoms with van der Waals surface area (Å²) < 4.78 is 15.8. The third-order valence-electron chi connectivity index (χ3n) is 2.74. The van der Waals surface area contributed by atoms with Crippen LogP contribution in [0.15, 0.2) is 30.3 Å². The summed E-state index contributed by atoms with van der Waals surface area (Å²) in [6.07, 6.45) is 1.51. The Kier molecular flexibility index (Phi) is 4.12. The van der Waals surface area contributed by atoms with Gasteiger partial charge in [0.25, 0.3) is 0 Å². The van der Waals surface area contributed by atoms with Crippen molar-refractivity contribution in [3.05, 3.63) is 35.9 Å². The highest BCUT2D eigenvalue weighted by Gasteiger charge is 2.26. The Balaban J connectivity index is 1.78. The van der Waals surface area contributed by atoms with E-state index in [9.17, 15) is 4.79 Å². The van der Waals surface area contributed by atoms with Gasteiger partial charge in [-0.3, -0.25) is 0 Å². The third-order valence-corrected chi connectivity index (χ3v) is 2.74. The molecule has 0 aliphatic carbocycles. The lowest BCUT2D eigenvalue weighted by Gasteiger charge is -2.12. The molecule has 1 aliphatic rings. The van der Waals surface area contributed by atoms with E-state index in [0.29, 0.717) is 5.56 Å². The Hall–Kier alpha value is -1.39. The van der Waals surface area contributed by atoms with Crippen LogP contribution < -0.4 is 0 Å². The van der Waals surface area contributed by atoms with E-state index in [4.69, 9.17) is 14.2 Å². The second kappa shape index (κ2) is 5.80. The van der Waals surface area contributed by atoms with Crippen LogP contribution in [0, 0.1) is 0 Å². The number of rotatable bonds is 4. The zero-order chi connectivity index (χ0) is 12.1. The predicted octanol–water partition coefficient (Wildman–Crippen LogP) is 1.99. The lowest BCUT2D eigenvalue weighted by Crippen LogP contribution is -2.20. The lowest BCUT2D eigenvalue weighted by molar-refractivity contribution is -0.123. The number of benzene rings is 1. The Morgan fingerprint density at radius 3 is 2.76 bits per heavy atom. The van der Waals surface area contributed by atoms with Crippen molar-refractivity contribution >= 4 is 5.97 Å². The van der Waals surface area contributed by atoms with Crippen LogP contribution in [0.4, 0.5) is 0 Å². The second-order valence-corrected chi connectivity index (χ2v) is 3.97. The Morgan fingerprint density at radius 2 is 2.12 bits per heavy atom. The van der Waals surface area contributed by atoms with Gasteiger partial charge in [-0.05, 0) is 18.6 Å². The van der Waals surface area contributed by atoms with Gasteiger partial charge in [0.15, 0.2) is 6.29 Å². The Morgan fingerprint density at radius 1 is 1.35 bits per heavy atom. The molecule has 0 radical (unpaired) electrons. The maximum absolute atomic E-state index is 11.6. The number of hydrogen-bond acceptors (Lipinski definition) is 4. The van der Waals surface area contributed by atoms with Crippen molar-refractivity contribution in [2.45, 2.75) is 25.2 Å². The summed E-state index contributed by atoms with van der Waals surface area (Å²) in [6.45, 7) is 0.285. The SMILES string of the molecule is CO[C@@H]1CC[C@@H](COC(=O)c2ccccc2)O1. The monoisotopic (exact) mass is 236 g/mol. The van der Waals surface area contributed by atoms with Crippen LogP contribution in [-0.2, 0) is 14.2 Å². The summed E-state index contributed by atoms with van der Waals surface area (Å²) in [5.41, 5.74) is 0.564. The number of methoxy groups -OCH3 is 1. The van der Waals surface area contributed by atoms with Crippen molar-refractivity contribution in [2.75, 3.05) is 13.7 Å². The summed E-state index contributed by atoms with van der Waals surface area (Å²) in [6, 6.07) is 8.94. The van der Waals surface area contributed by atoms with Gasteiger partial charge < -0.3 is 14.2 Å². The zero-order valence-corrected chi connectivity index (χ0v) is 9.80. The molecule has 1 heterocycles. The number of ether oxygens (including phenoxy) is 3. The highest BCUT2D eigenvalue weighted by atomic mass is 16.7. The Bertz CT molecular complexity index is 363. The van der Waals surface area contributed by atoms with Crippen LogP contribution in [0.3, 0.4) is 0 Å². The molecule has 2 rings (SSSR count). The highest BCUT2D eigenvalue weighted by Crippen LogP contribution is 2.20. The van der Waals surface area contributed by atoms with Gasteiger partial charge in [-0.2, -0.15) is 0 Å². The van der Waals surface area contributed by atoms with Crippen molar-refractivity contribution in [1.29, 1.82) is 0 Å². The predicted molar refractivity (Wildman–Crippen MR) is 61.6 cm³/mol. The van der Waals surface area contributed by atoms with Crippen LogP contribution >= 0.6 is 0 Å². The molecule has 17 heavy (non-hydrogen) atoms. The van der Waals surface area contributed by atoms with Gasteiger partial charge in [0, 0.05) is 13.5 Å². The first kappa shape index (κ1) is 12.1. The fraction of sp³-hybridized carbons (Fsp3) is 0.462. The largest absolute Gasteiger partial charge is 0.459 e. The van der Waals surface area contributed by atoms with Crippen LogP contribution in [-0.4, -0.2) is 32.1 Å². The van der Waals surface area contributed by atoms with E-state index >= 15 is 0 Å². The van der Waals surface area contributed by atoms with Gasteiger partial charge in [-0.15, -0.1) is 0 Å².